The number of nitrogens with zero attached hydrogens (tertiary/aromatic N) is 4. The molecule has 0 unspecified atom stereocenters. The normalized spacial score (nSPS) is 27.0. The smallest absolute Gasteiger partial charge is 0.338 e. The number of nitrogen functional groups attached to an aromatic ring is 1. The minimum absolute atomic E-state index is 0.0101. The average molecular weight is 425 g/mol. The van der Waals surface area contributed by atoms with Crippen molar-refractivity contribution in [3.8, 4) is 5.88 Å². The molecule has 2 fully saturated rings. The fraction of sp³-hybridized carbons (Fsp3) is 0.429. The predicted octanol–water partition coefficient (Wildman–Crippen LogP) is 1.97. The number of imidazole rings is 1. The van der Waals surface area contributed by atoms with Gasteiger partial charge < -0.3 is 24.7 Å². The van der Waals surface area contributed by atoms with Gasteiger partial charge in [0.2, 0.25) is 11.8 Å². The van der Waals surface area contributed by atoms with Crippen LogP contribution in [0, 0.1) is 5.92 Å². The molecule has 10 heteroatoms. The Labute approximate surface area is 178 Å². The van der Waals surface area contributed by atoms with E-state index in [1.165, 1.54) is 0 Å². The van der Waals surface area contributed by atoms with Crippen LogP contribution in [0.2, 0.25) is 0 Å². The van der Waals surface area contributed by atoms with Crippen molar-refractivity contribution in [3.63, 3.8) is 0 Å². The topological polar surface area (TPSA) is 124 Å². The molecule has 3 aromatic rings. The maximum atomic E-state index is 12.4. The van der Waals surface area contributed by atoms with E-state index in [-0.39, 0.29) is 24.6 Å². The number of anilines is 1. The summed E-state index contributed by atoms with van der Waals surface area (Å²) in [6.45, 7) is 4.74. The maximum absolute atomic E-state index is 12.4. The molecule has 5 rings (SSSR count). The Bertz CT molecular complexity index is 1120. The van der Waals surface area contributed by atoms with Crippen LogP contribution in [0.5, 0.6) is 5.88 Å². The number of hydrogen-bond acceptors (Lipinski definition) is 9. The number of nitrogens with two attached hydrogens (primary N) is 1. The van der Waals surface area contributed by atoms with E-state index in [1.807, 2.05) is 19.9 Å². The molecule has 162 valence electrons. The van der Waals surface area contributed by atoms with E-state index in [4.69, 9.17) is 24.7 Å². The van der Waals surface area contributed by atoms with Gasteiger partial charge in [-0.05, 0) is 19.1 Å². The van der Waals surface area contributed by atoms with Gasteiger partial charge in [-0.2, -0.15) is 9.97 Å². The van der Waals surface area contributed by atoms with E-state index in [0.717, 1.165) is 0 Å². The Hall–Kier alpha value is -3.24. The second-order valence-corrected chi connectivity index (χ2v) is 7.72. The van der Waals surface area contributed by atoms with Crippen LogP contribution in [0.25, 0.3) is 11.2 Å². The minimum Gasteiger partial charge on any atom is -0.476 e. The number of carbonyl (C=O) groups excluding carboxylic acids is 1. The number of ether oxygens (including phenoxy) is 4. The summed E-state index contributed by atoms with van der Waals surface area (Å²) in [6.07, 6.45) is 0.874. The third-order valence-electron chi connectivity index (χ3n) is 5.90. The van der Waals surface area contributed by atoms with Gasteiger partial charge in [0.1, 0.15) is 18.3 Å². The van der Waals surface area contributed by atoms with Crippen molar-refractivity contribution in [2.45, 2.75) is 31.8 Å². The van der Waals surface area contributed by atoms with E-state index < -0.39 is 17.8 Å². The van der Waals surface area contributed by atoms with Crippen molar-refractivity contribution in [3.05, 3.63) is 42.2 Å². The Balaban J connectivity index is 1.40. The van der Waals surface area contributed by atoms with Gasteiger partial charge in [0.15, 0.2) is 17.4 Å². The van der Waals surface area contributed by atoms with Crippen molar-refractivity contribution < 1.29 is 23.7 Å². The second kappa shape index (κ2) is 7.47. The zero-order chi connectivity index (χ0) is 21.6. The first-order valence-corrected chi connectivity index (χ1v) is 10.2. The summed E-state index contributed by atoms with van der Waals surface area (Å²) in [6, 6.07) is 8.87. The Morgan fingerprint density at radius 2 is 2.13 bits per heavy atom. The Morgan fingerprint density at radius 3 is 2.90 bits per heavy atom. The molecule has 2 aromatic heterocycles. The lowest BCUT2D eigenvalue weighted by atomic mass is 9.91. The van der Waals surface area contributed by atoms with Crippen LogP contribution >= 0.6 is 0 Å². The summed E-state index contributed by atoms with van der Waals surface area (Å²) in [7, 11) is 0. The number of benzene rings is 1. The van der Waals surface area contributed by atoms with Crippen LogP contribution in [0.4, 0.5) is 5.95 Å². The van der Waals surface area contributed by atoms with Crippen LogP contribution in [-0.4, -0.2) is 57.0 Å². The predicted molar refractivity (Wildman–Crippen MR) is 109 cm³/mol. The molecule has 2 bridgehead atoms. The lowest BCUT2D eigenvalue weighted by Gasteiger charge is -2.31. The first-order chi connectivity index (χ1) is 15.0. The van der Waals surface area contributed by atoms with Gasteiger partial charge in [-0.1, -0.05) is 25.1 Å². The fourth-order valence-corrected chi connectivity index (χ4v) is 4.19. The van der Waals surface area contributed by atoms with E-state index in [0.29, 0.717) is 35.8 Å². The molecule has 2 aliphatic heterocycles. The summed E-state index contributed by atoms with van der Waals surface area (Å²) in [4.78, 5) is 25.3. The average Bonchev–Trinajstić information content (AvgIpc) is 3.42. The highest BCUT2D eigenvalue weighted by Crippen LogP contribution is 2.49. The molecular formula is C21H23N5O5. The molecule has 1 aromatic carbocycles. The highest BCUT2D eigenvalue weighted by Gasteiger charge is 2.60. The quantitative estimate of drug-likeness (QED) is 0.590. The lowest BCUT2D eigenvalue weighted by molar-refractivity contribution is -0.184. The van der Waals surface area contributed by atoms with Crippen molar-refractivity contribution >= 4 is 23.1 Å². The van der Waals surface area contributed by atoms with Crippen LogP contribution in [0.1, 0.15) is 30.4 Å². The van der Waals surface area contributed by atoms with E-state index in [1.54, 1.807) is 35.2 Å². The zero-order valence-corrected chi connectivity index (χ0v) is 17.2. The van der Waals surface area contributed by atoms with Crippen LogP contribution in [0.15, 0.2) is 36.7 Å². The summed E-state index contributed by atoms with van der Waals surface area (Å²) in [5.41, 5.74) is 6.62. The highest BCUT2D eigenvalue weighted by molar-refractivity contribution is 5.89. The molecule has 0 spiro atoms. The third kappa shape index (κ3) is 3.19. The standard InChI is InChI=1S/C21H23N5O5/c1-3-28-17-14-16(24-20(22)25-17)26(11-23-14)18-15-12(2)21(31-18,9-29-15)10-30-19(27)13-7-5-4-6-8-13/h4-8,11-12,15,18H,3,9-10H2,1-2H3,(H2,22,24,25)/t12-,15+,18+,21+/m0/s1. The zero-order valence-electron chi connectivity index (χ0n) is 17.2. The Kier molecular flexibility index (Phi) is 4.75. The fourth-order valence-electron chi connectivity index (χ4n) is 4.19. The molecule has 4 heterocycles. The van der Waals surface area contributed by atoms with Gasteiger partial charge >= 0.3 is 5.97 Å². The molecule has 10 nitrogen and oxygen atoms in total. The summed E-state index contributed by atoms with van der Waals surface area (Å²) >= 11 is 0. The molecule has 0 saturated carbocycles. The third-order valence-corrected chi connectivity index (χ3v) is 5.90. The molecule has 0 radical (unpaired) electrons. The highest BCUT2D eigenvalue weighted by atomic mass is 16.6. The van der Waals surface area contributed by atoms with Gasteiger partial charge in [-0.25, -0.2) is 9.78 Å². The van der Waals surface area contributed by atoms with Crippen molar-refractivity contribution in [1.29, 1.82) is 0 Å². The van der Waals surface area contributed by atoms with E-state index in [9.17, 15) is 4.79 Å². The number of aromatic nitrogens is 4. The summed E-state index contributed by atoms with van der Waals surface area (Å²) in [5.74, 6) is 0.00500. The minimum atomic E-state index is -0.752. The SMILES string of the molecule is CCOc1nc(N)nc2c1ncn2[C@@H]1O[C@@]2(COC(=O)c3ccccc3)CO[C@@H]1[C@@H]2C. The summed E-state index contributed by atoms with van der Waals surface area (Å²) < 4.78 is 25.4. The van der Waals surface area contributed by atoms with E-state index in [2.05, 4.69) is 15.0 Å². The van der Waals surface area contributed by atoms with Crippen LogP contribution in [-0.2, 0) is 14.2 Å². The first-order valence-electron chi connectivity index (χ1n) is 10.2. The van der Waals surface area contributed by atoms with E-state index >= 15 is 0 Å². The number of esters is 1. The molecule has 2 aliphatic rings. The first kappa shape index (κ1) is 19.7. The maximum Gasteiger partial charge on any atom is 0.338 e. The lowest BCUT2D eigenvalue weighted by Crippen LogP contribution is -2.42. The molecular weight excluding hydrogens is 402 g/mol. The molecule has 31 heavy (non-hydrogen) atoms. The number of fused-ring (bicyclic) bond motifs is 3. The molecule has 4 atom stereocenters. The molecule has 0 amide bonds. The monoisotopic (exact) mass is 425 g/mol. The summed E-state index contributed by atoms with van der Waals surface area (Å²) in [5, 5.41) is 0. The van der Waals surface area contributed by atoms with Crippen LogP contribution < -0.4 is 10.5 Å². The van der Waals surface area contributed by atoms with Gasteiger partial charge in [-0.3, -0.25) is 4.57 Å². The van der Waals surface area contributed by atoms with Crippen LogP contribution in [0.3, 0.4) is 0 Å². The molecule has 2 N–H and O–H groups in total. The van der Waals surface area contributed by atoms with Gasteiger partial charge in [0.25, 0.3) is 0 Å². The van der Waals surface area contributed by atoms with Gasteiger partial charge in [-0.15, -0.1) is 0 Å². The molecule has 2 saturated heterocycles. The van der Waals surface area contributed by atoms with Crippen molar-refractivity contribution in [2.24, 2.45) is 5.92 Å². The number of carbonyl (C=O) groups is 1. The van der Waals surface area contributed by atoms with Crippen molar-refractivity contribution in [2.75, 3.05) is 25.6 Å². The largest absolute Gasteiger partial charge is 0.476 e. The van der Waals surface area contributed by atoms with Gasteiger partial charge in [0, 0.05) is 5.92 Å². The van der Waals surface area contributed by atoms with Gasteiger partial charge in [0.05, 0.1) is 25.1 Å². The Morgan fingerprint density at radius 1 is 1.32 bits per heavy atom. The second-order valence-electron chi connectivity index (χ2n) is 7.72. The number of hydrogen-bond donors (Lipinski definition) is 1. The van der Waals surface area contributed by atoms with Crippen molar-refractivity contribution in [1.82, 2.24) is 19.5 Å². The molecule has 0 aliphatic carbocycles. The number of rotatable bonds is 6.